The molecule has 1 atom stereocenters. The Morgan fingerprint density at radius 2 is 1.91 bits per heavy atom. The van der Waals surface area contributed by atoms with E-state index in [9.17, 15) is 0 Å². The fourth-order valence-electron chi connectivity index (χ4n) is 1.23. The molecule has 0 aromatic heterocycles. The van der Waals surface area contributed by atoms with Crippen LogP contribution in [0.5, 0.6) is 0 Å². The van der Waals surface area contributed by atoms with Crippen LogP contribution in [0.25, 0.3) is 0 Å². The molecule has 0 aromatic rings. The maximum absolute atomic E-state index is 2.39. The van der Waals surface area contributed by atoms with Gasteiger partial charge in [0.25, 0.3) is 0 Å². The number of allylic oxidation sites excluding steroid dienone is 2. The normalized spacial score (nSPS) is 15.1. The van der Waals surface area contributed by atoms with Crippen LogP contribution in [0, 0.1) is 5.92 Å². The lowest BCUT2D eigenvalue weighted by atomic mass is 9.97. The Bertz CT molecular complexity index is 111. The van der Waals surface area contributed by atoms with E-state index in [1.807, 2.05) is 0 Å². The molecule has 0 fully saturated rings. The van der Waals surface area contributed by atoms with Gasteiger partial charge in [-0.1, -0.05) is 45.3 Å². The van der Waals surface area contributed by atoms with E-state index in [1.165, 1.54) is 25.7 Å². The summed E-state index contributed by atoms with van der Waals surface area (Å²) in [5.41, 5.74) is 1.58. The number of rotatable bonds is 5. The average Bonchev–Trinajstić information content (AvgIpc) is 2.00. The summed E-state index contributed by atoms with van der Waals surface area (Å²) in [6, 6.07) is 0. The van der Waals surface area contributed by atoms with Crippen LogP contribution in [0.1, 0.15) is 53.4 Å². The highest BCUT2D eigenvalue weighted by molar-refractivity contribution is 5.01. The number of hydrogen-bond donors (Lipinski definition) is 0. The minimum Gasteiger partial charge on any atom is -0.0854 e. The van der Waals surface area contributed by atoms with Gasteiger partial charge in [0.2, 0.25) is 0 Å². The van der Waals surface area contributed by atoms with E-state index in [-0.39, 0.29) is 0 Å². The van der Waals surface area contributed by atoms with Gasteiger partial charge in [-0.15, -0.1) is 0 Å². The number of unbranched alkanes of at least 4 members (excludes halogenated alkanes) is 1. The second-order valence-corrected chi connectivity index (χ2v) is 3.43. The Labute approximate surface area is 71.7 Å². The molecule has 0 saturated carbocycles. The molecule has 0 spiro atoms. The van der Waals surface area contributed by atoms with E-state index in [0.29, 0.717) is 0 Å². The fraction of sp³-hybridized carbons (Fsp3) is 0.818. The van der Waals surface area contributed by atoms with Gasteiger partial charge in [0.05, 0.1) is 0 Å². The van der Waals surface area contributed by atoms with Gasteiger partial charge >= 0.3 is 0 Å². The molecule has 0 rings (SSSR count). The molecular formula is C11H22. The third kappa shape index (κ3) is 5.06. The zero-order chi connectivity index (χ0) is 8.69. The van der Waals surface area contributed by atoms with E-state index in [2.05, 4.69) is 33.8 Å². The third-order valence-corrected chi connectivity index (χ3v) is 2.25. The highest BCUT2D eigenvalue weighted by atomic mass is 14.1. The third-order valence-electron chi connectivity index (χ3n) is 2.25. The monoisotopic (exact) mass is 154 g/mol. The van der Waals surface area contributed by atoms with Gasteiger partial charge in [-0.3, -0.25) is 0 Å². The van der Waals surface area contributed by atoms with E-state index < -0.39 is 0 Å². The van der Waals surface area contributed by atoms with E-state index in [0.717, 1.165) is 5.92 Å². The quantitative estimate of drug-likeness (QED) is 0.521. The molecule has 0 aliphatic heterocycles. The van der Waals surface area contributed by atoms with Crippen LogP contribution in [0.3, 0.4) is 0 Å². The van der Waals surface area contributed by atoms with Crippen LogP contribution >= 0.6 is 0 Å². The van der Waals surface area contributed by atoms with Crippen molar-refractivity contribution in [1.29, 1.82) is 0 Å². The van der Waals surface area contributed by atoms with Crippen LogP contribution in [0.2, 0.25) is 0 Å². The second kappa shape index (κ2) is 6.45. The zero-order valence-corrected chi connectivity index (χ0v) is 8.48. The highest BCUT2D eigenvalue weighted by Gasteiger charge is 2.00. The van der Waals surface area contributed by atoms with Crippen LogP contribution in [0.4, 0.5) is 0 Å². The van der Waals surface area contributed by atoms with Gasteiger partial charge in [-0.25, -0.2) is 0 Å². The van der Waals surface area contributed by atoms with Crippen molar-refractivity contribution in [1.82, 2.24) is 0 Å². The number of hydrogen-bond acceptors (Lipinski definition) is 0. The molecule has 0 bridgehead atoms. The van der Waals surface area contributed by atoms with Crippen molar-refractivity contribution in [2.75, 3.05) is 0 Å². The maximum atomic E-state index is 2.39. The first-order valence-electron chi connectivity index (χ1n) is 4.89. The van der Waals surface area contributed by atoms with Gasteiger partial charge in [-0.2, -0.15) is 0 Å². The van der Waals surface area contributed by atoms with Crippen molar-refractivity contribution in [2.45, 2.75) is 53.4 Å². The predicted molar refractivity (Wildman–Crippen MR) is 52.7 cm³/mol. The average molecular weight is 154 g/mol. The minimum atomic E-state index is 0.798. The Balaban J connectivity index is 3.69. The first-order valence-corrected chi connectivity index (χ1v) is 4.89. The first-order chi connectivity index (χ1) is 5.22. The topological polar surface area (TPSA) is 0 Å². The van der Waals surface area contributed by atoms with Gasteiger partial charge in [0.15, 0.2) is 0 Å². The molecule has 0 saturated heterocycles. The lowest BCUT2D eigenvalue weighted by Crippen LogP contribution is -1.94. The first kappa shape index (κ1) is 10.7. The standard InChI is InChI=1S/C11H22/c1-5-7-9-11(4)10(3)8-6-2/h9-10H,5-8H2,1-4H3. The van der Waals surface area contributed by atoms with E-state index in [4.69, 9.17) is 0 Å². The Kier molecular flexibility index (Phi) is 6.30. The molecular weight excluding hydrogens is 132 g/mol. The molecule has 0 aromatic carbocycles. The van der Waals surface area contributed by atoms with E-state index in [1.54, 1.807) is 5.57 Å². The van der Waals surface area contributed by atoms with E-state index >= 15 is 0 Å². The van der Waals surface area contributed by atoms with Crippen LogP contribution in [-0.4, -0.2) is 0 Å². The molecule has 0 nitrogen and oxygen atoms in total. The Morgan fingerprint density at radius 1 is 1.27 bits per heavy atom. The summed E-state index contributed by atoms with van der Waals surface area (Å²) in [6.45, 7) is 9.07. The van der Waals surface area contributed by atoms with Gasteiger partial charge in [0, 0.05) is 0 Å². The van der Waals surface area contributed by atoms with Crippen molar-refractivity contribution < 1.29 is 0 Å². The molecule has 0 amide bonds. The van der Waals surface area contributed by atoms with Crippen molar-refractivity contribution in [3.63, 3.8) is 0 Å². The van der Waals surface area contributed by atoms with Crippen molar-refractivity contribution in [3.8, 4) is 0 Å². The van der Waals surface area contributed by atoms with Gasteiger partial charge < -0.3 is 0 Å². The smallest absolute Gasteiger partial charge is 0.0235 e. The van der Waals surface area contributed by atoms with Crippen molar-refractivity contribution in [2.24, 2.45) is 5.92 Å². The highest BCUT2D eigenvalue weighted by Crippen LogP contribution is 2.16. The van der Waals surface area contributed by atoms with Crippen molar-refractivity contribution >= 4 is 0 Å². The van der Waals surface area contributed by atoms with Gasteiger partial charge in [-0.05, 0) is 25.7 Å². The molecule has 0 heterocycles. The SMILES string of the molecule is CCCC=C(C)C(C)CCC. The molecule has 0 heteroatoms. The Morgan fingerprint density at radius 3 is 2.36 bits per heavy atom. The molecule has 0 radical (unpaired) electrons. The molecule has 0 aliphatic carbocycles. The van der Waals surface area contributed by atoms with Crippen LogP contribution in [0.15, 0.2) is 11.6 Å². The molecule has 66 valence electrons. The molecule has 1 unspecified atom stereocenters. The maximum Gasteiger partial charge on any atom is -0.0235 e. The van der Waals surface area contributed by atoms with Crippen molar-refractivity contribution in [3.05, 3.63) is 11.6 Å². The summed E-state index contributed by atoms with van der Waals surface area (Å²) in [4.78, 5) is 0. The second-order valence-electron chi connectivity index (χ2n) is 3.43. The summed E-state index contributed by atoms with van der Waals surface area (Å²) < 4.78 is 0. The van der Waals surface area contributed by atoms with Crippen LogP contribution in [-0.2, 0) is 0 Å². The summed E-state index contributed by atoms with van der Waals surface area (Å²) in [7, 11) is 0. The Hall–Kier alpha value is -0.260. The molecule has 0 aliphatic rings. The largest absolute Gasteiger partial charge is 0.0854 e. The summed E-state index contributed by atoms with van der Waals surface area (Å²) >= 11 is 0. The summed E-state index contributed by atoms with van der Waals surface area (Å²) in [5.74, 6) is 0.798. The zero-order valence-electron chi connectivity index (χ0n) is 8.48. The van der Waals surface area contributed by atoms with Crippen LogP contribution < -0.4 is 0 Å². The minimum absolute atomic E-state index is 0.798. The lowest BCUT2D eigenvalue weighted by molar-refractivity contribution is 0.598. The molecule has 11 heavy (non-hydrogen) atoms. The predicted octanol–water partition coefficient (Wildman–Crippen LogP) is 4.17. The fourth-order valence-corrected chi connectivity index (χ4v) is 1.23. The lowest BCUT2D eigenvalue weighted by Gasteiger charge is -2.09. The van der Waals surface area contributed by atoms with Gasteiger partial charge in [0.1, 0.15) is 0 Å². The summed E-state index contributed by atoms with van der Waals surface area (Å²) in [6.07, 6.45) is 7.56. The summed E-state index contributed by atoms with van der Waals surface area (Å²) in [5, 5.41) is 0. The molecule has 0 N–H and O–H groups in total.